The van der Waals surface area contributed by atoms with Crippen LogP contribution in [0, 0.1) is 5.41 Å². The Morgan fingerprint density at radius 3 is 1.11 bits per heavy atom. The molecule has 0 saturated heterocycles. The van der Waals surface area contributed by atoms with Gasteiger partial charge in [0.15, 0.2) is 5.25 Å². The average molecular weight is 559 g/mol. The van der Waals surface area contributed by atoms with E-state index in [2.05, 4.69) is 13.8 Å². The minimum absolute atomic E-state index is 0. The van der Waals surface area contributed by atoms with Gasteiger partial charge in [0.1, 0.15) is 0 Å². The third-order valence-corrected chi connectivity index (χ3v) is 8.65. The van der Waals surface area contributed by atoms with Gasteiger partial charge in [-0.3, -0.25) is 14.1 Å². The van der Waals surface area contributed by atoms with Gasteiger partial charge in [-0.1, -0.05) is 142 Å². The van der Waals surface area contributed by atoms with Crippen LogP contribution in [0.1, 0.15) is 157 Å². The van der Waals surface area contributed by atoms with Gasteiger partial charge in [0.25, 0.3) is 10.1 Å². The molecule has 0 saturated carbocycles. The zero-order valence-electron chi connectivity index (χ0n) is 25.0. The summed E-state index contributed by atoms with van der Waals surface area (Å²) in [6.45, 7) is 4.37. The maximum Gasteiger partial charge on any atom is 1.00 e. The summed E-state index contributed by atoms with van der Waals surface area (Å²) in [6, 6.07) is 0. The summed E-state index contributed by atoms with van der Waals surface area (Å²) in [5.41, 5.74) is -2.01. The molecule has 0 aromatic rings. The number of carbonyl (C=O) groups is 2. The predicted octanol–water partition coefficient (Wildman–Crippen LogP) is 5.14. The van der Waals surface area contributed by atoms with Crippen molar-refractivity contribution in [2.45, 2.75) is 160 Å². The van der Waals surface area contributed by atoms with Crippen LogP contribution in [0.5, 0.6) is 0 Å². The van der Waals surface area contributed by atoms with Crippen molar-refractivity contribution in [1.29, 1.82) is 0 Å². The Balaban J connectivity index is -0.00000612. The van der Waals surface area contributed by atoms with Crippen molar-refractivity contribution in [2.24, 2.45) is 5.41 Å². The first-order valence-corrected chi connectivity index (χ1v) is 16.1. The average Bonchev–Trinajstić information content (AvgIpc) is 2.79. The Morgan fingerprint density at radius 2 is 0.892 bits per heavy atom. The van der Waals surface area contributed by atoms with E-state index >= 15 is 0 Å². The Hall–Kier alpha value is -0.150. The zero-order chi connectivity index (χ0) is 27.3. The second-order valence-corrected chi connectivity index (χ2v) is 12.1. The molecule has 7 nitrogen and oxygen atoms in total. The molecule has 0 spiro atoms. The van der Waals surface area contributed by atoms with Crippen molar-refractivity contribution in [1.82, 2.24) is 0 Å². The van der Waals surface area contributed by atoms with E-state index in [-0.39, 0.29) is 43.8 Å². The van der Waals surface area contributed by atoms with E-state index in [1.54, 1.807) is 0 Å². The van der Waals surface area contributed by atoms with E-state index in [1.165, 1.54) is 64.2 Å². The summed E-state index contributed by atoms with van der Waals surface area (Å²) in [5, 5.41) is 17.3. The Bertz CT molecular complexity index is 665. The number of hydrogen-bond donors (Lipinski definition) is 3. The summed E-state index contributed by atoms with van der Waals surface area (Å²) < 4.78 is 33.7. The summed E-state index contributed by atoms with van der Waals surface area (Å²) in [4.78, 5) is 24.2. The molecule has 0 fully saturated rings. The number of carboxylic acids is 2. The van der Waals surface area contributed by atoms with Gasteiger partial charge in [-0.05, 0) is 12.8 Å². The van der Waals surface area contributed by atoms with Gasteiger partial charge in [-0.2, -0.15) is 8.42 Å². The molecule has 216 valence electrons. The minimum atomic E-state index is -5.07. The van der Waals surface area contributed by atoms with Crippen LogP contribution in [-0.4, -0.2) is 40.4 Å². The van der Waals surface area contributed by atoms with Gasteiger partial charge < -0.3 is 11.6 Å². The molecule has 0 aromatic carbocycles. The third-order valence-electron chi connectivity index (χ3n) is 7.40. The minimum Gasteiger partial charge on any atom is -1.00 e. The fourth-order valence-electron chi connectivity index (χ4n) is 5.22. The third kappa shape index (κ3) is 17.9. The van der Waals surface area contributed by atoms with E-state index in [0.29, 0.717) is 12.8 Å². The molecule has 0 aliphatic carbocycles. The number of unbranched alkanes of at least 4 members (excludes halogenated alkanes) is 18. The zero-order valence-corrected chi connectivity index (χ0v) is 26.8. The summed E-state index contributed by atoms with van der Waals surface area (Å²) in [5.74, 6) is -3.24. The number of carboxylic acid groups (broad SMARTS) is 2. The van der Waals surface area contributed by atoms with Crippen LogP contribution in [0.2, 0.25) is 0 Å². The van der Waals surface area contributed by atoms with Crippen LogP contribution in [0.4, 0.5) is 0 Å². The summed E-state index contributed by atoms with van der Waals surface area (Å²) >= 11 is 0. The van der Waals surface area contributed by atoms with Crippen molar-refractivity contribution in [3.63, 3.8) is 0 Å². The second kappa shape index (κ2) is 23.7. The molecule has 1 atom stereocenters. The molecule has 0 heterocycles. The van der Waals surface area contributed by atoms with Crippen LogP contribution >= 0.6 is 0 Å². The standard InChI is InChI=1S/C28H54O7S.Na.H/c1-3-5-7-9-11-13-15-17-19-21-23-28(27(31)32,25(26(29)30)36(33,34)35)24-22-20-18-16-14-12-10-8-6-4-2;;/h25H,3-24H2,1-2H3,(H,29,30)(H,31,32)(H,33,34,35);;/q;+1;-1. The smallest absolute Gasteiger partial charge is 1.00 e. The molecular weight excluding hydrogens is 503 g/mol. The van der Waals surface area contributed by atoms with E-state index in [1.807, 2.05) is 0 Å². The molecular formula is C28H55NaO7S. The molecule has 0 aliphatic heterocycles. The van der Waals surface area contributed by atoms with E-state index in [9.17, 15) is 32.8 Å². The van der Waals surface area contributed by atoms with Crippen molar-refractivity contribution in [2.75, 3.05) is 0 Å². The number of rotatable bonds is 26. The SMILES string of the molecule is CCCCCCCCCCCCC(CCCCCCCCCCCC)(C(=O)O)C(C(=O)O)S(=O)(=O)O.[H-].[Na+]. The second-order valence-electron chi connectivity index (χ2n) is 10.6. The summed E-state index contributed by atoms with van der Waals surface area (Å²) in [7, 11) is -5.07. The van der Waals surface area contributed by atoms with Gasteiger partial charge in [-0.15, -0.1) is 0 Å². The Kier molecular flexibility index (Phi) is 25.0. The van der Waals surface area contributed by atoms with Crippen molar-refractivity contribution in [3.05, 3.63) is 0 Å². The van der Waals surface area contributed by atoms with Gasteiger partial charge in [0.05, 0.1) is 5.41 Å². The van der Waals surface area contributed by atoms with Crippen LogP contribution in [0.3, 0.4) is 0 Å². The number of hydrogen-bond acceptors (Lipinski definition) is 4. The monoisotopic (exact) mass is 558 g/mol. The first kappa shape index (κ1) is 39.0. The molecule has 1 unspecified atom stereocenters. The van der Waals surface area contributed by atoms with E-state index < -0.39 is 32.7 Å². The van der Waals surface area contributed by atoms with Crippen LogP contribution in [-0.2, 0) is 19.7 Å². The fraction of sp³-hybridized carbons (Fsp3) is 0.929. The first-order chi connectivity index (χ1) is 17.1. The van der Waals surface area contributed by atoms with Gasteiger partial charge in [-0.25, -0.2) is 0 Å². The van der Waals surface area contributed by atoms with Gasteiger partial charge in [0.2, 0.25) is 0 Å². The molecule has 37 heavy (non-hydrogen) atoms. The van der Waals surface area contributed by atoms with Crippen LogP contribution in [0.25, 0.3) is 0 Å². The molecule has 9 heteroatoms. The molecule has 0 radical (unpaired) electrons. The summed E-state index contributed by atoms with van der Waals surface area (Å²) in [6.07, 6.45) is 20.6. The van der Waals surface area contributed by atoms with Crippen molar-refractivity contribution < 1.29 is 63.8 Å². The Morgan fingerprint density at radius 1 is 0.622 bits per heavy atom. The molecule has 0 aromatic heterocycles. The molecule has 3 N–H and O–H groups in total. The van der Waals surface area contributed by atoms with E-state index in [4.69, 9.17) is 0 Å². The predicted molar refractivity (Wildman–Crippen MR) is 147 cm³/mol. The topological polar surface area (TPSA) is 129 Å². The Labute approximate surface area is 250 Å². The largest absolute Gasteiger partial charge is 1.00 e. The fourth-order valence-corrected chi connectivity index (χ4v) is 6.38. The maximum atomic E-state index is 12.4. The molecule has 0 amide bonds. The number of aliphatic carboxylic acids is 2. The molecule has 0 bridgehead atoms. The van der Waals surface area contributed by atoms with E-state index in [0.717, 1.165) is 51.4 Å². The van der Waals surface area contributed by atoms with Crippen LogP contribution < -0.4 is 29.6 Å². The van der Waals surface area contributed by atoms with Gasteiger partial charge in [0, 0.05) is 0 Å². The van der Waals surface area contributed by atoms with Crippen molar-refractivity contribution >= 4 is 22.1 Å². The van der Waals surface area contributed by atoms with Crippen LogP contribution in [0.15, 0.2) is 0 Å². The molecule has 0 aliphatic rings. The van der Waals surface area contributed by atoms with Gasteiger partial charge >= 0.3 is 41.5 Å². The normalized spacial score (nSPS) is 12.7. The quantitative estimate of drug-likeness (QED) is 0.0762. The van der Waals surface area contributed by atoms with Crippen molar-refractivity contribution in [3.8, 4) is 0 Å². The maximum absolute atomic E-state index is 12.4. The molecule has 0 rings (SSSR count). The first-order valence-electron chi connectivity index (χ1n) is 14.6.